The number of piperidine rings is 1. The summed E-state index contributed by atoms with van der Waals surface area (Å²) in [6, 6.07) is 5.47. The maximum absolute atomic E-state index is 12.5. The van der Waals surface area contributed by atoms with E-state index in [2.05, 4.69) is 18.7 Å². The second-order valence-corrected chi connectivity index (χ2v) is 7.37. The van der Waals surface area contributed by atoms with Crippen LogP contribution < -0.4 is 10.3 Å². The molecule has 0 atom stereocenters. The first-order valence-electron chi connectivity index (χ1n) is 8.33. The molecule has 1 saturated heterocycles. The first-order valence-corrected chi connectivity index (χ1v) is 8.33. The quantitative estimate of drug-likeness (QED) is 0.944. The van der Waals surface area contributed by atoms with Crippen LogP contribution in [0.3, 0.4) is 0 Å². The van der Waals surface area contributed by atoms with Crippen molar-refractivity contribution in [2.24, 2.45) is 5.41 Å². The Balaban J connectivity index is 2.05. The lowest BCUT2D eigenvalue weighted by atomic mass is 9.83. The fourth-order valence-corrected chi connectivity index (χ4v) is 3.27. The molecule has 1 aromatic carbocycles. The van der Waals surface area contributed by atoms with E-state index in [9.17, 15) is 9.90 Å². The van der Waals surface area contributed by atoms with Crippen molar-refractivity contribution < 1.29 is 9.52 Å². The molecule has 1 fully saturated rings. The molecule has 0 saturated carbocycles. The number of benzene rings is 1. The Hall–Kier alpha value is -1.81. The maximum atomic E-state index is 12.5. The minimum absolute atomic E-state index is 0.00558. The van der Waals surface area contributed by atoms with Gasteiger partial charge in [-0.15, -0.1) is 0 Å². The van der Waals surface area contributed by atoms with Crippen LogP contribution in [0.15, 0.2) is 27.4 Å². The van der Waals surface area contributed by atoms with Crippen molar-refractivity contribution in [1.82, 2.24) is 0 Å². The molecule has 0 aliphatic carbocycles. The zero-order chi connectivity index (χ0) is 16.6. The summed E-state index contributed by atoms with van der Waals surface area (Å²) in [7, 11) is 0. The molecule has 3 rings (SSSR count). The lowest BCUT2D eigenvalue weighted by Gasteiger charge is -2.37. The average Bonchev–Trinajstić information content (AvgIpc) is 2.48. The van der Waals surface area contributed by atoms with E-state index in [0.29, 0.717) is 28.7 Å². The number of hydrogen-bond acceptors (Lipinski definition) is 4. The van der Waals surface area contributed by atoms with E-state index in [1.54, 1.807) is 6.07 Å². The van der Waals surface area contributed by atoms with Crippen molar-refractivity contribution in [2.45, 2.75) is 40.0 Å². The molecule has 0 radical (unpaired) electrons. The minimum Gasteiger partial charge on any atom is -0.440 e. The van der Waals surface area contributed by atoms with E-state index in [0.717, 1.165) is 37.1 Å². The van der Waals surface area contributed by atoms with E-state index in [-0.39, 0.29) is 12.0 Å². The largest absolute Gasteiger partial charge is 0.440 e. The summed E-state index contributed by atoms with van der Waals surface area (Å²) in [5.74, 6) is 0.654. The van der Waals surface area contributed by atoms with Crippen LogP contribution in [-0.2, 0) is 6.42 Å². The van der Waals surface area contributed by atoms with Crippen molar-refractivity contribution in [2.75, 3.05) is 24.6 Å². The Kier molecular flexibility index (Phi) is 4.19. The van der Waals surface area contributed by atoms with Gasteiger partial charge in [0.2, 0.25) is 0 Å². The number of hydrogen-bond donors (Lipinski definition) is 1. The molecule has 124 valence electrons. The van der Waals surface area contributed by atoms with Crippen LogP contribution in [0.1, 0.15) is 37.8 Å². The van der Waals surface area contributed by atoms with E-state index in [1.807, 2.05) is 19.1 Å². The third-order valence-corrected chi connectivity index (χ3v) is 4.85. The topological polar surface area (TPSA) is 53.7 Å². The fourth-order valence-electron chi connectivity index (χ4n) is 3.27. The molecule has 0 unspecified atom stereocenters. The third-order valence-electron chi connectivity index (χ3n) is 4.85. The van der Waals surface area contributed by atoms with Gasteiger partial charge in [-0.3, -0.25) is 4.79 Å². The molecular weight excluding hydrogens is 290 g/mol. The molecule has 0 bridgehead atoms. The number of rotatable bonds is 3. The molecule has 1 N–H and O–H groups in total. The van der Waals surface area contributed by atoms with Crippen molar-refractivity contribution >= 4 is 16.9 Å². The summed E-state index contributed by atoms with van der Waals surface area (Å²) < 4.78 is 6.10. The van der Waals surface area contributed by atoms with Crippen molar-refractivity contribution in [3.8, 4) is 0 Å². The minimum atomic E-state index is -0.00558. The van der Waals surface area contributed by atoms with Gasteiger partial charge in [0.25, 0.3) is 0 Å². The highest BCUT2D eigenvalue weighted by Gasteiger charge is 2.27. The highest BCUT2D eigenvalue weighted by atomic mass is 16.4. The number of aryl methyl sites for hydroxylation is 1. The van der Waals surface area contributed by atoms with Gasteiger partial charge in [0, 0.05) is 25.8 Å². The molecular formula is C19H25NO3. The molecule has 1 aliphatic rings. The van der Waals surface area contributed by atoms with Crippen LogP contribution in [-0.4, -0.2) is 24.8 Å². The van der Waals surface area contributed by atoms with E-state index in [4.69, 9.17) is 4.42 Å². The Morgan fingerprint density at radius 1 is 1.22 bits per heavy atom. The molecule has 1 aromatic heterocycles. The second-order valence-electron chi connectivity index (χ2n) is 7.37. The van der Waals surface area contributed by atoms with Gasteiger partial charge in [0.15, 0.2) is 11.3 Å². The summed E-state index contributed by atoms with van der Waals surface area (Å²) in [6.45, 7) is 8.38. The highest BCUT2D eigenvalue weighted by Crippen LogP contribution is 2.33. The molecule has 4 nitrogen and oxygen atoms in total. The van der Waals surface area contributed by atoms with Crippen molar-refractivity contribution in [1.29, 1.82) is 0 Å². The first kappa shape index (κ1) is 16.1. The second kappa shape index (κ2) is 6.00. The normalized spacial score (nSPS) is 17.7. The molecule has 0 spiro atoms. The molecule has 0 amide bonds. The predicted octanol–water partition coefficient (Wildman–Crippen LogP) is 3.26. The van der Waals surface area contributed by atoms with Crippen LogP contribution in [0.2, 0.25) is 0 Å². The van der Waals surface area contributed by atoms with Gasteiger partial charge in [-0.05, 0) is 48.8 Å². The van der Waals surface area contributed by atoms with E-state index in [1.165, 1.54) is 0 Å². The van der Waals surface area contributed by atoms with E-state index < -0.39 is 0 Å². The van der Waals surface area contributed by atoms with Gasteiger partial charge >= 0.3 is 0 Å². The summed E-state index contributed by atoms with van der Waals surface area (Å²) in [4.78, 5) is 14.7. The van der Waals surface area contributed by atoms with Crippen molar-refractivity contribution in [3.05, 3.63) is 39.5 Å². The lowest BCUT2D eigenvalue weighted by Crippen LogP contribution is -2.37. The lowest BCUT2D eigenvalue weighted by molar-refractivity contribution is 0.274. The molecule has 2 heterocycles. The Labute approximate surface area is 136 Å². The van der Waals surface area contributed by atoms with Crippen molar-refractivity contribution in [3.63, 3.8) is 0 Å². The maximum Gasteiger partial charge on any atom is 0.199 e. The number of anilines is 1. The van der Waals surface area contributed by atoms with Crippen LogP contribution in [0.5, 0.6) is 0 Å². The van der Waals surface area contributed by atoms with Crippen LogP contribution in [0.4, 0.5) is 5.88 Å². The highest BCUT2D eigenvalue weighted by molar-refractivity contribution is 5.81. The Morgan fingerprint density at radius 3 is 2.57 bits per heavy atom. The van der Waals surface area contributed by atoms with E-state index >= 15 is 0 Å². The van der Waals surface area contributed by atoms with Gasteiger partial charge in [-0.2, -0.15) is 0 Å². The van der Waals surface area contributed by atoms with Gasteiger partial charge in [0.05, 0.1) is 5.39 Å². The summed E-state index contributed by atoms with van der Waals surface area (Å²) >= 11 is 0. The predicted molar refractivity (Wildman–Crippen MR) is 93.2 cm³/mol. The third kappa shape index (κ3) is 3.27. The summed E-state index contributed by atoms with van der Waals surface area (Å²) in [5, 5.41) is 9.89. The van der Waals surface area contributed by atoms with Gasteiger partial charge in [-0.25, -0.2) is 0 Å². The van der Waals surface area contributed by atoms with Gasteiger partial charge < -0.3 is 14.4 Å². The SMILES string of the molecule is Cc1cc(CCO)c2oc(N3CCC(C)(C)CC3)cc(=O)c2c1. The average molecular weight is 315 g/mol. The van der Waals surface area contributed by atoms with Crippen LogP contribution >= 0.6 is 0 Å². The number of nitrogens with zero attached hydrogens (tertiary/aromatic N) is 1. The summed E-state index contributed by atoms with van der Waals surface area (Å²) in [6.07, 6.45) is 2.68. The summed E-state index contributed by atoms with van der Waals surface area (Å²) in [5.41, 5.74) is 2.89. The smallest absolute Gasteiger partial charge is 0.199 e. The number of fused-ring (bicyclic) bond motifs is 1. The molecule has 2 aromatic rings. The van der Waals surface area contributed by atoms with Gasteiger partial charge in [0.1, 0.15) is 5.58 Å². The van der Waals surface area contributed by atoms with Gasteiger partial charge in [-0.1, -0.05) is 19.9 Å². The number of aliphatic hydroxyl groups excluding tert-OH is 1. The Bertz CT molecular complexity index is 766. The molecule has 23 heavy (non-hydrogen) atoms. The van der Waals surface area contributed by atoms with Crippen LogP contribution in [0.25, 0.3) is 11.0 Å². The molecule has 4 heteroatoms. The molecule has 1 aliphatic heterocycles. The first-order chi connectivity index (χ1) is 10.9. The zero-order valence-corrected chi connectivity index (χ0v) is 14.2. The van der Waals surface area contributed by atoms with Crippen LogP contribution in [0, 0.1) is 12.3 Å². The number of aliphatic hydroxyl groups is 1. The monoisotopic (exact) mass is 315 g/mol. The fraction of sp³-hybridized carbons (Fsp3) is 0.526. The standard InChI is InChI=1S/C19H25NO3/c1-13-10-14(4-9-21)18-15(11-13)16(22)12-17(23-18)20-7-5-19(2,3)6-8-20/h10-12,21H,4-9H2,1-3H3. The zero-order valence-electron chi connectivity index (χ0n) is 14.2. The Morgan fingerprint density at radius 2 is 1.91 bits per heavy atom.